The predicted octanol–water partition coefficient (Wildman–Crippen LogP) is 1.08. The van der Waals surface area contributed by atoms with Crippen LogP contribution in [-0.4, -0.2) is 31.9 Å². The van der Waals surface area contributed by atoms with Crippen LogP contribution in [0, 0.1) is 0 Å². The average molecular weight is 258 g/mol. The Kier molecular flexibility index (Phi) is 4.11. The molecule has 0 aliphatic rings. The van der Waals surface area contributed by atoms with Crippen LogP contribution in [0.2, 0.25) is 0 Å². The van der Waals surface area contributed by atoms with Gasteiger partial charge in [0.15, 0.2) is 15.9 Å². The number of hydrogen-bond acceptors (Lipinski definition) is 4. The SMILES string of the molecule is C[C@H](Oc1cccc(CS(C)(=O)=O)c1)C(=O)O. The number of hydrogen-bond donors (Lipinski definition) is 1. The van der Waals surface area contributed by atoms with Crippen molar-refractivity contribution in [2.24, 2.45) is 0 Å². The van der Waals surface area contributed by atoms with Gasteiger partial charge in [-0.25, -0.2) is 13.2 Å². The molecular weight excluding hydrogens is 244 g/mol. The van der Waals surface area contributed by atoms with Gasteiger partial charge in [0.25, 0.3) is 0 Å². The predicted molar refractivity (Wildman–Crippen MR) is 62.7 cm³/mol. The first-order valence-corrected chi connectivity index (χ1v) is 7.00. The fourth-order valence-electron chi connectivity index (χ4n) is 1.27. The molecule has 17 heavy (non-hydrogen) atoms. The highest BCUT2D eigenvalue weighted by molar-refractivity contribution is 7.89. The summed E-state index contributed by atoms with van der Waals surface area (Å²) in [6.45, 7) is 1.41. The summed E-state index contributed by atoms with van der Waals surface area (Å²) in [7, 11) is -3.11. The molecule has 0 bridgehead atoms. The number of carboxylic acids is 1. The third-order valence-electron chi connectivity index (χ3n) is 1.99. The van der Waals surface area contributed by atoms with Crippen molar-refractivity contribution < 1.29 is 23.1 Å². The third-order valence-corrected chi connectivity index (χ3v) is 2.85. The van der Waals surface area contributed by atoms with Gasteiger partial charge >= 0.3 is 5.97 Å². The Bertz CT molecular complexity index is 506. The zero-order chi connectivity index (χ0) is 13.1. The Balaban J connectivity index is 2.83. The minimum atomic E-state index is -3.11. The van der Waals surface area contributed by atoms with Gasteiger partial charge in [-0.15, -0.1) is 0 Å². The first kappa shape index (κ1) is 13.5. The molecule has 94 valence electrons. The molecule has 0 saturated heterocycles. The number of aliphatic carboxylic acids is 1. The van der Waals surface area contributed by atoms with Crippen molar-refractivity contribution in [2.45, 2.75) is 18.8 Å². The molecule has 6 heteroatoms. The van der Waals surface area contributed by atoms with E-state index in [1.165, 1.54) is 13.0 Å². The first-order valence-electron chi connectivity index (χ1n) is 4.94. The van der Waals surface area contributed by atoms with E-state index in [0.29, 0.717) is 11.3 Å². The largest absolute Gasteiger partial charge is 0.479 e. The molecule has 0 aliphatic heterocycles. The lowest BCUT2D eigenvalue weighted by atomic mass is 10.2. The van der Waals surface area contributed by atoms with Gasteiger partial charge in [0.05, 0.1) is 5.75 Å². The summed E-state index contributed by atoms with van der Waals surface area (Å²) in [6.07, 6.45) is 0.170. The normalized spacial score (nSPS) is 13.1. The fourth-order valence-corrected chi connectivity index (χ4v) is 2.05. The highest BCUT2D eigenvalue weighted by Gasteiger charge is 2.13. The molecule has 1 aromatic rings. The molecule has 0 fully saturated rings. The quantitative estimate of drug-likeness (QED) is 0.854. The van der Waals surface area contributed by atoms with Crippen LogP contribution >= 0.6 is 0 Å². The highest BCUT2D eigenvalue weighted by atomic mass is 32.2. The summed E-state index contributed by atoms with van der Waals surface area (Å²) in [5, 5.41) is 8.68. The number of ether oxygens (including phenoxy) is 1. The maximum atomic E-state index is 11.1. The molecule has 1 aromatic carbocycles. The average Bonchev–Trinajstić information content (AvgIpc) is 2.15. The van der Waals surface area contributed by atoms with E-state index in [2.05, 4.69) is 0 Å². The van der Waals surface area contributed by atoms with Gasteiger partial charge < -0.3 is 9.84 Å². The van der Waals surface area contributed by atoms with Crippen molar-refractivity contribution in [3.05, 3.63) is 29.8 Å². The van der Waals surface area contributed by atoms with E-state index < -0.39 is 21.9 Å². The van der Waals surface area contributed by atoms with Crippen LogP contribution in [0.1, 0.15) is 12.5 Å². The maximum absolute atomic E-state index is 11.1. The second-order valence-electron chi connectivity index (χ2n) is 3.82. The van der Waals surface area contributed by atoms with Crippen LogP contribution < -0.4 is 4.74 Å². The standard InChI is InChI=1S/C11H14O5S/c1-8(11(12)13)16-10-5-3-4-9(6-10)7-17(2,14)15/h3-6,8H,7H2,1-2H3,(H,12,13)/t8-/m0/s1. The number of benzene rings is 1. The van der Waals surface area contributed by atoms with Crippen molar-refractivity contribution in [3.8, 4) is 5.75 Å². The molecule has 0 radical (unpaired) electrons. The van der Waals surface area contributed by atoms with E-state index in [9.17, 15) is 13.2 Å². The zero-order valence-corrected chi connectivity index (χ0v) is 10.4. The third kappa shape index (κ3) is 4.86. The van der Waals surface area contributed by atoms with Crippen LogP contribution in [0.15, 0.2) is 24.3 Å². The minimum absolute atomic E-state index is 0.0916. The van der Waals surface area contributed by atoms with Gasteiger partial charge in [0.2, 0.25) is 0 Å². The van der Waals surface area contributed by atoms with Crippen molar-refractivity contribution in [1.29, 1.82) is 0 Å². The molecule has 5 nitrogen and oxygen atoms in total. The number of rotatable bonds is 5. The molecule has 1 N–H and O–H groups in total. The lowest BCUT2D eigenvalue weighted by molar-refractivity contribution is -0.144. The Morgan fingerprint density at radius 3 is 2.65 bits per heavy atom. The summed E-state index contributed by atoms with van der Waals surface area (Å²) in [5.74, 6) is -0.814. The van der Waals surface area contributed by atoms with Gasteiger partial charge in [-0.3, -0.25) is 0 Å². The Morgan fingerprint density at radius 2 is 2.12 bits per heavy atom. The summed E-state index contributed by atoms with van der Waals surface area (Å²) >= 11 is 0. The molecule has 0 saturated carbocycles. The molecule has 0 aromatic heterocycles. The van der Waals surface area contributed by atoms with Crippen LogP contribution in [-0.2, 0) is 20.4 Å². The Labute approximate surface area is 100.0 Å². The molecule has 0 aliphatic carbocycles. The summed E-state index contributed by atoms with van der Waals surface area (Å²) < 4.78 is 27.4. The Hall–Kier alpha value is -1.56. The summed E-state index contributed by atoms with van der Waals surface area (Å²) in [5.41, 5.74) is 0.572. The van der Waals surface area contributed by atoms with Crippen molar-refractivity contribution >= 4 is 15.8 Å². The lowest BCUT2D eigenvalue weighted by Crippen LogP contribution is -2.22. The van der Waals surface area contributed by atoms with Crippen LogP contribution in [0.3, 0.4) is 0 Å². The Morgan fingerprint density at radius 1 is 1.47 bits per heavy atom. The maximum Gasteiger partial charge on any atom is 0.344 e. The number of carboxylic acid groups (broad SMARTS) is 1. The van der Waals surface area contributed by atoms with Gasteiger partial charge in [-0.2, -0.15) is 0 Å². The van der Waals surface area contributed by atoms with Gasteiger partial charge in [-0.05, 0) is 24.6 Å². The minimum Gasteiger partial charge on any atom is -0.479 e. The number of carbonyl (C=O) groups is 1. The molecule has 0 spiro atoms. The van der Waals surface area contributed by atoms with E-state index in [0.717, 1.165) is 6.26 Å². The zero-order valence-electron chi connectivity index (χ0n) is 9.58. The second-order valence-corrected chi connectivity index (χ2v) is 5.96. The molecule has 1 atom stereocenters. The van der Waals surface area contributed by atoms with Crippen LogP contribution in [0.5, 0.6) is 5.75 Å². The second kappa shape index (κ2) is 5.18. The molecular formula is C11H14O5S. The monoisotopic (exact) mass is 258 g/mol. The molecule has 0 unspecified atom stereocenters. The van der Waals surface area contributed by atoms with Crippen LogP contribution in [0.25, 0.3) is 0 Å². The van der Waals surface area contributed by atoms with Gasteiger partial charge in [0, 0.05) is 6.26 Å². The van der Waals surface area contributed by atoms with E-state index in [4.69, 9.17) is 9.84 Å². The lowest BCUT2D eigenvalue weighted by Gasteiger charge is -2.11. The summed E-state index contributed by atoms with van der Waals surface area (Å²) in [4.78, 5) is 10.6. The number of sulfone groups is 1. The van der Waals surface area contributed by atoms with Crippen molar-refractivity contribution in [3.63, 3.8) is 0 Å². The molecule has 0 heterocycles. The first-order chi connectivity index (χ1) is 7.78. The van der Waals surface area contributed by atoms with E-state index in [-0.39, 0.29) is 5.75 Å². The fraction of sp³-hybridized carbons (Fsp3) is 0.364. The van der Waals surface area contributed by atoms with Gasteiger partial charge in [0.1, 0.15) is 5.75 Å². The smallest absolute Gasteiger partial charge is 0.344 e. The molecule has 0 amide bonds. The van der Waals surface area contributed by atoms with E-state index in [1.54, 1.807) is 18.2 Å². The van der Waals surface area contributed by atoms with Crippen molar-refractivity contribution in [1.82, 2.24) is 0 Å². The van der Waals surface area contributed by atoms with E-state index in [1.807, 2.05) is 0 Å². The van der Waals surface area contributed by atoms with E-state index >= 15 is 0 Å². The summed E-state index contributed by atoms with van der Waals surface area (Å²) in [6, 6.07) is 6.40. The topological polar surface area (TPSA) is 80.7 Å². The highest BCUT2D eigenvalue weighted by Crippen LogP contribution is 2.16. The van der Waals surface area contributed by atoms with Crippen LogP contribution in [0.4, 0.5) is 0 Å². The van der Waals surface area contributed by atoms with Gasteiger partial charge in [-0.1, -0.05) is 12.1 Å². The van der Waals surface area contributed by atoms with Crippen molar-refractivity contribution in [2.75, 3.05) is 6.26 Å². The molecule has 1 rings (SSSR count).